The molecule has 0 fully saturated rings. The van der Waals surface area contributed by atoms with Gasteiger partial charge in [0.25, 0.3) is 10.0 Å². The lowest BCUT2D eigenvalue weighted by molar-refractivity contribution is -0.140. The number of carbonyl (C=O) groups is 2. The van der Waals surface area contributed by atoms with E-state index in [1.807, 2.05) is 52.0 Å². The summed E-state index contributed by atoms with van der Waals surface area (Å²) in [7, 11) is -4.13. The Kier molecular flexibility index (Phi) is 10.8. The largest absolute Gasteiger partial charge is 0.352 e. The van der Waals surface area contributed by atoms with E-state index in [2.05, 4.69) is 5.32 Å². The van der Waals surface area contributed by atoms with Crippen LogP contribution in [0.1, 0.15) is 50.3 Å². The maximum Gasteiger partial charge on any atom is 0.264 e. The van der Waals surface area contributed by atoms with E-state index in [1.165, 1.54) is 17.0 Å². The summed E-state index contributed by atoms with van der Waals surface area (Å²) in [5.74, 6) is -0.752. The Morgan fingerprint density at radius 1 is 0.925 bits per heavy atom. The van der Waals surface area contributed by atoms with Gasteiger partial charge in [0.15, 0.2) is 0 Å². The summed E-state index contributed by atoms with van der Waals surface area (Å²) in [4.78, 5) is 29.0. The molecule has 9 heteroatoms. The number of aryl methyl sites for hydroxylation is 2. The average Bonchev–Trinajstić information content (AvgIpc) is 2.93. The quantitative estimate of drug-likeness (QED) is 0.289. The highest BCUT2D eigenvalue weighted by atomic mass is 35.5. The van der Waals surface area contributed by atoms with E-state index >= 15 is 0 Å². The number of nitrogens with zero attached hydrogens (tertiary/aromatic N) is 2. The molecule has 0 bridgehead atoms. The smallest absolute Gasteiger partial charge is 0.264 e. The number of amides is 2. The number of hydrogen-bond donors (Lipinski definition) is 1. The van der Waals surface area contributed by atoms with E-state index in [-0.39, 0.29) is 23.4 Å². The molecular formula is C31H38ClN3O4S. The van der Waals surface area contributed by atoms with Crippen LogP contribution < -0.4 is 9.62 Å². The SMILES string of the molecule is CC[C@@H](C)NC(=O)[C@H](CC)N(Cc1ccc(C)cc1)C(=O)CN(c1ccc(Cl)cc1C)S(=O)(=O)c1ccccc1. The third-order valence-electron chi connectivity index (χ3n) is 6.90. The summed E-state index contributed by atoms with van der Waals surface area (Å²) < 4.78 is 29.0. The lowest BCUT2D eigenvalue weighted by Crippen LogP contribution is -2.53. The highest BCUT2D eigenvalue weighted by Gasteiger charge is 2.34. The van der Waals surface area contributed by atoms with Crippen molar-refractivity contribution in [1.82, 2.24) is 10.2 Å². The van der Waals surface area contributed by atoms with Crippen LogP contribution in [0.25, 0.3) is 0 Å². The molecule has 0 aliphatic carbocycles. The van der Waals surface area contributed by atoms with Gasteiger partial charge in [0.05, 0.1) is 10.6 Å². The minimum atomic E-state index is -4.13. The van der Waals surface area contributed by atoms with Gasteiger partial charge >= 0.3 is 0 Å². The predicted octanol–water partition coefficient (Wildman–Crippen LogP) is 5.87. The van der Waals surface area contributed by atoms with Crippen molar-refractivity contribution in [2.45, 2.75) is 71.0 Å². The summed E-state index contributed by atoms with van der Waals surface area (Å²) in [6.07, 6.45) is 1.11. The molecule has 2 atom stereocenters. The van der Waals surface area contributed by atoms with Gasteiger partial charge in [-0.25, -0.2) is 8.42 Å². The van der Waals surface area contributed by atoms with Crippen molar-refractivity contribution in [2.75, 3.05) is 10.8 Å². The van der Waals surface area contributed by atoms with Crippen molar-refractivity contribution >= 4 is 39.1 Å². The second kappa shape index (κ2) is 13.8. The zero-order chi connectivity index (χ0) is 29.4. The average molecular weight is 584 g/mol. The van der Waals surface area contributed by atoms with Gasteiger partial charge in [-0.3, -0.25) is 13.9 Å². The van der Waals surface area contributed by atoms with Crippen molar-refractivity contribution in [3.05, 3.63) is 94.5 Å². The van der Waals surface area contributed by atoms with Crippen molar-refractivity contribution in [3.8, 4) is 0 Å². The van der Waals surface area contributed by atoms with E-state index in [9.17, 15) is 18.0 Å². The molecule has 3 rings (SSSR count). The summed E-state index contributed by atoms with van der Waals surface area (Å²) in [6, 6.07) is 19.7. The fraction of sp³-hybridized carbons (Fsp3) is 0.355. The molecule has 0 unspecified atom stereocenters. The first-order valence-electron chi connectivity index (χ1n) is 13.5. The van der Waals surface area contributed by atoms with Gasteiger partial charge < -0.3 is 10.2 Å². The van der Waals surface area contributed by atoms with Crippen molar-refractivity contribution in [2.24, 2.45) is 0 Å². The molecule has 1 N–H and O–H groups in total. The number of benzene rings is 3. The molecule has 3 aromatic rings. The fourth-order valence-corrected chi connectivity index (χ4v) is 6.11. The number of anilines is 1. The predicted molar refractivity (Wildman–Crippen MR) is 161 cm³/mol. The summed E-state index contributed by atoms with van der Waals surface area (Å²) in [5.41, 5.74) is 2.86. The highest BCUT2D eigenvalue weighted by molar-refractivity contribution is 7.92. The van der Waals surface area contributed by atoms with E-state index in [1.54, 1.807) is 43.3 Å². The van der Waals surface area contributed by atoms with Crippen LogP contribution in [0.4, 0.5) is 5.69 Å². The van der Waals surface area contributed by atoms with Crippen LogP contribution in [0, 0.1) is 13.8 Å². The Balaban J connectivity index is 2.07. The molecule has 7 nitrogen and oxygen atoms in total. The second-order valence-electron chi connectivity index (χ2n) is 10.0. The summed E-state index contributed by atoms with van der Waals surface area (Å²) in [5, 5.41) is 3.44. The molecule has 214 valence electrons. The lowest BCUT2D eigenvalue weighted by Gasteiger charge is -2.34. The third-order valence-corrected chi connectivity index (χ3v) is 8.91. The Hall–Kier alpha value is -3.36. The Morgan fingerprint density at radius 2 is 1.57 bits per heavy atom. The van der Waals surface area contributed by atoms with Crippen LogP contribution in [0.3, 0.4) is 0 Å². The molecule has 2 amide bonds. The normalized spacial score (nSPS) is 12.8. The second-order valence-corrected chi connectivity index (χ2v) is 12.3. The van der Waals surface area contributed by atoms with E-state index in [0.29, 0.717) is 22.7 Å². The maximum absolute atomic E-state index is 14.1. The van der Waals surface area contributed by atoms with Gasteiger partial charge in [-0.05, 0) is 75.1 Å². The number of sulfonamides is 1. The van der Waals surface area contributed by atoms with E-state index < -0.39 is 28.5 Å². The maximum atomic E-state index is 14.1. The van der Waals surface area contributed by atoms with Crippen LogP contribution >= 0.6 is 11.6 Å². The van der Waals surface area contributed by atoms with Crippen LogP contribution in [-0.2, 0) is 26.2 Å². The molecule has 0 spiro atoms. The molecule has 40 heavy (non-hydrogen) atoms. The van der Waals surface area contributed by atoms with E-state index in [4.69, 9.17) is 11.6 Å². The van der Waals surface area contributed by atoms with Crippen LogP contribution in [0.15, 0.2) is 77.7 Å². The molecular weight excluding hydrogens is 546 g/mol. The zero-order valence-corrected chi connectivity index (χ0v) is 25.3. The van der Waals surface area contributed by atoms with Gasteiger partial charge in [0, 0.05) is 17.6 Å². The summed E-state index contributed by atoms with van der Waals surface area (Å²) >= 11 is 6.17. The Labute approximate surface area is 243 Å². The highest BCUT2D eigenvalue weighted by Crippen LogP contribution is 2.29. The molecule has 0 aliphatic rings. The first-order valence-corrected chi connectivity index (χ1v) is 15.3. The van der Waals surface area contributed by atoms with Gasteiger partial charge in [-0.15, -0.1) is 0 Å². The molecule has 0 radical (unpaired) electrons. The van der Waals surface area contributed by atoms with Crippen LogP contribution in [-0.4, -0.2) is 43.8 Å². The van der Waals surface area contributed by atoms with Gasteiger partial charge in [0.2, 0.25) is 11.8 Å². The van der Waals surface area contributed by atoms with Crippen molar-refractivity contribution < 1.29 is 18.0 Å². The molecule has 0 saturated carbocycles. The first kappa shape index (κ1) is 31.2. The Morgan fingerprint density at radius 3 is 2.15 bits per heavy atom. The number of halogens is 1. The van der Waals surface area contributed by atoms with Gasteiger partial charge in [-0.1, -0.05) is 73.5 Å². The fourth-order valence-electron chi connectivity index (χ4n) is 4.38. The molecule has 0 saturated heterocycles. The van der Waals surface area contributed by atoms with Gasteiger partial charge in [0.1, 0.15) is 12.6 Å². The topological polar surface area (TPSA) is 86.8 Å². The number of carbonyl (C=O) groups excluding carboxylic acids is 2. The van der Waals surface area contributed by atoms with Crippen molar-refractivity contribution in [3.63, 3.8) is 0 Å². The minimum Gasteiger partial charge on any atom is -0.352 e. The molecule has 0 aliphatic heterocycles. The van der Waals surface area contributed by atoms with E-state index in [0.717, 1.165) is 21.9 Å². The Bertz CT molecular complexity index is 1410. The van der Waals surface area contributed by atoms with Gasteiger partial charge in [-0.2, -0.15) is 0 Å². The standard InChI is InChI=1S/C31H38ClN3O4S/c1-6-24(5)33-31(37)28(7-2)34(20-25-15-13-22(3)14-16-25)30(36)21-35(29-18-17-26(32)19-23(29)4)40(38,39)27-11-9-8-10-12-27/h8-19,24,28H,6-7,20-21H2,1-5H3,(H,33,37)/t24-,28+/m1/s1. The monoisotopic (exact) mass is 583 g/mol. The zero-order valence-electron chi connectivity index (χ0n) is 23.7. The number of nitrogens with one attached hydrogen (secondary N) is 1. The van der Waals surface area contributed by atoms with Crippen molar-refractivity contribution in [1.29, 1.82) is 0 Å². The third kappa shape index (κ3) is 7.64. The number of hydrogen-bond acceptors (Lipinski definition) is 4. The molecule has 3 aromatic carbocycles. The lowest BCUT2D eigenvalue weighted by atomic mass is 10.1. The molecule has 0 aromatic heterocycles. The molecule has 0 heterocycles. The van der Waals surface area contributed by atoms with Crippen LogP contribution in [0.2, 0.25) is 5.02 Å². The van der Waals surface area contributed by atoms with Crippen LogP contribution in [0.5, 0.6) is 0 Å². The first-order chi connectivity index (χ1) is 19.0. The summed E-state index contributed by atoms with van der Waals surface area (Å²) in [6.45, 7) is 9.12. The minimum absolute atomic E-state index is 0.0591. The number of rotatable bonds is 12.